The maximum absolute atomic E-state index is 8.54. The zero-order valence-corrected chi connectivity index (χ0v) is 12.1. The zero-order chi connectivity index (χ0) is 15.4. The number of hydrogen-bond donors (Lipinski definition) is 0. The van der Waals surface area contributed by atoms with Gasteiger partial charge in [0.25, 0.3) is 0 Å². The summed E-state index contributed by atoms with van der Waals surface area (Å²) in [6, 6.07) is 7.30. The molecule has 0 radical (unpaired) electrons. The predicted octanol–water partition coefficient (Wildman–Crippen LogP) is 4.00. The molecule has 1 aromatic heterocycles. The summed E-state index contributed by atoms with van der Waals surface area (Å²) >= 11 is 0. The molecule has 3 aromatic rings. The van der Waals surface area contributed by atoms with Crippen molar-refractivity contribution in [3.8, 4) is 0 Å². The quantitative estimate of drug-likeness (QED) is 0.427. The Morgan fingerprint density at radius 1 is 0.950 bits per heavy atom. The Labute approximate surface area is 122 Å². The number of pyridine rings is 1. The lowest BCUT2D eigenvalue weighted by atomic mass is 9.86. The van der Waals surface area contributed by atoms with Crippen LogP contribution in [0.3, 0.4) is 0 Å². The molecule has 0 saturated carbocycles. The maximum atomic E-state index is 8.54. The Kier molecular flexibility index (Phi) is 2.14. The van der Waals surface area contributed by atoms with Crippen molar-refractivity contribution in [3.05, 3.63) is 53.3 Å². The van der Waals surface area contributed by atoms with E-state index in [-0.39, 0.29) is 0 Å². The highest BCUT2D eigenvalue weighted by molar-refractivity contribution is 6.09. The molecule has 1 aliphatic carbocycles. The highest BCUT2D eigenvalue weighted by Crippen LogP contribution is 2.33. The van der Waals surface area contributed by atoms with Gasteiger partial charge in [-0.25, -0.2) is 4.57 Å². The number of hydrogen-bond acceptors (Lipinski definition) is 0. The third kappa shape index (κ3) is 1.59. The molecule has 20 heavy (non-hydrogen) atoms. The first-order valence-electron chi connectivity index (χ1n) is 8.42. The summed E-state index contributed by atoms with van der Waals surface area (Å²) in [5.41, 5.74) is 3.62. The van der Waals surface area contributed by atoms with Crippen LogP contribution in [-0.4, -0.2) is 0 Å². The molecule has 0 aliphatic heterocycles. The van der Waals surface area contributed by atoms with Crippen LogP contribution in [0.5, 0.6) is 0 Å². The lowest BCUT2D eigenvalue weighted by molar-refractivity contribution is -0.676. The molecule has 1 heteroatoms. The molecule has 1 nitrogen and oxygen atoms in total. The van der Waals surface area contributed by atoms with Gasteiger partial charge >= 0.3 is 0 Å². The largest absolute Gasteiger partial charge is 0.205 e. The first-order valence-corrected chi connectivity index (χ1v) is 7.42. The van der Waals surface area contributed by atoms with Crippen LogP contribution in [0.15, 0.2) is 36.5 Å². The van der Waals surface area contributed by atoms with Crippen LogP contribution in [0.2, 0.25) is 0 Å². The number of aromatic nitrogens is 1. The van der Waals surface area contributed by atoms with E-state index in [1.807, 2.05) is 7.05 Å². The Bertz CT molecular complexity index is 928. The van der Waals surface area contributed by atoms with Gasteiger partial charge < -0.3 is 0 Å². The van der Waals surface area contributed by atoms with Gasteiger partial charge in [0.1, 0.15) is 7.05 Å². The van der Waals surface area contributed by atoms with Gasteiger partial charge in [-0.15, -0.1) is 0 Å². The lowest BCUT2D eigenvalue weighted by Gasteiger charge is -2.18. The van der Waals surface area contributed by atoms with Gasteiger partial charge in [-0.2, -0.15) is 0 Å². The Morgan fingerprint density at radius 2 is 1.75 bits per heavy atom. The molecule has 0 unspecified atom stereocenters. The van der Waals surface area contributed by atoms with Gasteiger partial charge in [0.05, 0.1) is 2.74 Å². The van der Waals surface area contributed by atoms with Gasteiger partial charge in [0.15, 0.2) is 11.9 Å². The summed E-state index contributed by atoms with van der Waals surface area (Å²) < 4.78 is 19.1. The smallest absolute Gasteiger partial charge is 0.185 e. The minimum Gasteiger partial charge on any atom is -0.205 e. The SMILES string of the molecule is [3H]c1c2c(c3ccc4c(C)[n+](C)ccc4c3c1[3H])CCCC2. The minimum absolute atomic E-state index is 0.398. The van der Waals surface area contributed by atoms with Crippen LogP contribution in [0, 0.1) is 6.92 Å². The normalized spacial score (nSPS) is 16.1. The van der Waals surface area contributed by atoms with E-state index in [1.54, 1.807) is 0 Å². The Balaban J connectivity index is 2.23. The average molecular weight is 266 g/mol. The van der Waals surface area contributed by atoms with Crippen LogP contribution in [0.4, 0.5) is 0 Å². The van der Waals surface area contributed by atoms with E-state index in [9.17, 15) is 0 Å². The van der Waals surface area contributed by atoms with Crippen molar-refractivity contribution in [1.82, 2.24) is 0 Å². The second-order valence-corrected chi connectivity index (χ2v) is 5.88. The van der Waals surface area contributed by atoms with E-state index >= 15 is 0 Å². The van der Waals surface area contributed by atoms with E-state index in [0.717, 1.165) is 35.6 Å². The van der Waals surface area contributed by atoms with E-state index in [4.69, 9.17) is 2.74 Å². The summed E-state index contributed by atoms with van der Waals surface area (Å²) in [6.45, 7) is 2.11. The third-order valence-corrected chi connectivity index (χ3v) is 4.76. The molecule has 0 fully saturated rings. The van der Waals surface area contributed by atoms with Crippen molar-refractivity contribution < 1.29 is 7.31 Å². The lowest BCUT2D eigenvalue weighted by Crippen LogP contribution is -2.31. The molecule has 100 valence electrons. The molecule has 1 aliphatic rings. The van der Waals surface area contributed by atoms with Crippen LogP contribution in [0.25, 0.3) is 21.5 Å². The number of aryl methyl sites for hydroxylation is 3. The highest BCUT2D eigenvalue weighted by Gasteiger charge is 2.15. The molecule has 0 N–H and O–H groups in total. The van der Waals surface area contributed by atoms with Crippen molar-refractivity contribution in [3.63, 3.8) is 0 Å². The number of rotatable bonds is 0. The van der Waals surface area contributed by atoms with Crippen molar-refractivity contribution in [2.24, 2.45) is 7.05 Å². The van der Waals surface area contributed by atoms with Crippen molar-refractivity contribution in [1.29, 1.82) is 0 Å². The third-order valence-electron chi connectivity index (χ3n) is 4.76. The molecule has 0 saturated heterocycles. The monoisotopic (exact) mass is 266 g/mol. The summed E-state index contributed by atoms with van der Waals surface area (Å²) in [6.07, 6.45) is 6.39. The molecular weight excluding hydrogens is 242 g/mol. The molecular formula is C19H20N+. The molecule has 0 amide bonds. The molecule has 0 bridgehead atoms. The van der Waals surface area contributed by atoms with Crippen LogP contribution >= 0.6 is 0 Å². The predicted molar refractivity (Wildman–Crippen MR) is 84.0 cm³/mol. The molecule has 2 aromatic carbocycles. The van der Waals surface area contributed by atoms with Gasteiger partial charge in [-0.3, -0.25) is 0 Å². The number of benzene rings is 2. The fraction of sp³-hybridized carbons (Fsp3) is 0.316. The first kappa shape index (κ1) is 9.93. The number of fused-ring (bicyclic) bond motifs is 5. The first-order chi connectivity index (χ1) is 10.6. The molecule has 4 rings (SSSR count). The second-order valence-electron chi connectivity index (χ2n) is 5.88. The van der Waals surface area contributed by atoms with E-state index in [1.165, 1.54) is 28.5 Å². The van der Waals surface area contributed by atoms with Crippen molar-refractivity contribution >= 4 is 21.5 Å². The topological polar surface area (TPSA) is 3.88 Å². The Hall–Kier alpha value is -1.89. The average Bonchev–Trinajstić information content (AvgIpc) is 2.55. The zero-order valence-electron chi connectivity index (χ0n) is 14.1. The van der Waals surface area contributed by atoms with E-state index in [0.29, 0.717) is 12.1 Å². The summed E-state index contributed by atoms with van der Waals surface area (Å²) in [5.74, 6) is 0. The fourth-order valence-corrected chi connectivity index (χ4v) is 3.46. The van der Waals surface area contributed by atoms with Crippen LogP contribution in [-0.2, 0) is 19.9 Å². The van der Waals surface area contributed by atoms with Gasteiger partial charge in [0.2, 0.25) is 0 Å². The number of nitrogens with zero attached hydrogens (tertiary/aromatic N) is 1. The van der Waals surface area contributed by atoms with Gasteiger partial charge in [0, 0.05) is 23.8 Å². The van der Waals surface area contributed by atoms with Crippen LogP contribution < -0.4 is 4.57 Å². The second kappa shape index (κ2) is 4.31. The van der Waals surface area contributed by atoms with Gasteiger partial charge in [-0.1, -0.05) is 18.2 Å². The fourth-order valence-electron chi connectivity index (χ4n) is 3.46. The molecule has 1 heterocycles. The van der Waals surface area contributed by atoms with E-state index in [2.05, 4.69) is 35.9 Å². The Morgan fingerprint density at radius 3 is 2.65 bits per heavy atom. The summed E-state index contributed by atoms with van der Waals surface area (Å²) in [7, 11) is 2.04. The molecule has 0 atom stereocenters. The summed E-state index contributed by atoms with van der Waals surface area (Å²) in [4.78, 5) is 0. The van der Waals surface area contributed by atoms with Crippen molar-refractivity contribution in [2.45, 2.75) is 32.6 Å². The van der Waals surface area contributed by atoms with E-state index < -0.39 is 0 Å². The van der Waals surface area contributed by atoms with Gasteiger partial charge in [-0.05, 0) is 53.6 Å². The molecule has 0 spiro atoms. The summed E-state index contributed by atoms with van der Waals surface area (Å²) in [5, 5.41) is 4.45. The minimum atomic E-state index is 0.398. The van der Waals surface area contributed by atoms with Crippen molar-refractivity contribution in [2.75, 3.05) is 0 Å². The highest BCUT2D eigenvalue weighted by atomic mass is 14.9. The maximum Gasteiger partial charge on any atom is 0.185 e. The standard InChI is InChI=1S/C19H20N/c1-13-15-9-10-17-16-6-4-3-5-14(16)7-8-18(17)19(15)11-12-20(13)2/h7-12H,3-6H2,1-2H3/q+1/i7T,8T. The van der Waals surface area contributed by atoms with Crippen LogP contribution in [0.1, 0.15) is 32.4 Å².